The summed E-state index contributed by atoms with van der Waals surface area (Å²) in [7, 11) is 0. The van der Waals surface area contributed by atoms with Crippen LogP contribution >= 0.6 is 11.8 Å². The zero-order valence-corrected chi connectivity index (χ0v) is 38.0. The average Bonchev–Trinajstić information content (AvgIpc) is 3.70. The van der Waals surface area contributed by atoms with Crippen molar-refractivity contribution in [1.82, 2.24) is 36.8 Å². The molecule has 0 unspecified atom stereocenters. The molecule has 1 saturated heterocycles. The van der Waals surface area contributed by atoms with Gasteiger partial charge >= 0.3 is 11.9 Å². The van der Waals surface area contributed by atoms with Gasteiger partial charge in [-0.05, 0) is 75.2 Å². The maximum Gasteiger partial charge on any atom is 0.326 e. The van der Waals surface area contributed by atoms with Crippen molar-refractivity contribution in [3.63, 3.8) is 0 Å². The molecule has 0 saturated carbocycles. The number of rotatable bonds is 30. The number of nitrogens with one attached hydrogen (secondary N) is 6. The number of amides is 8. The van der Waals surface area contributed by atoms with Gasteiger partial charge in [-0.2, -0.15) is 11.8 Å². The Morgan fingerprint density at radius 2 is 1.25 bits per heavy atom. The molecule has 0 spiro atoms. The van der Waals surface area contributed by atoms with Crippen molar-refractivity contribution in [3.8, 4) is 0 Å². The third-order valence-corrected chi connectivity index (χ3v) is 10.5. The number of carboxylic acids is 2. The summed E-state index contributed by atoms with van der Waals surface area (Å²) in [6.45, 7) is 6.77. The Hall–Kier alpha value is -5.72. The zero-order valence-electron chi connectivity index (χ0n) is 37.2. The van der Waals surface area contributed by atoms with Gasteiger partial charge in [0.2, 0.25) is 47.3 Å². The predicted molar refractivity (Wildman–Crippen MR) is 236 cm³/mol. The molecule has 16 N–H and O–H groups in total. The largest absolute Gasteiger partial charge is 0.481 e. The molecule has 25 heteroatoms. The van der Waals surface area contributed by atoms with Crippen LogP contribution in [0.2, 0.25) is 0 Å². The third kappa shape index (κ3) is 21.6. The molecule has 8 amide bonds. The van der Waals surface area contributed by atoms with Gasteiger partial charge in [0.25, 0.3) is 0 Å². The van der Waals surface area contributed by atoms with Gasteiger partial charge in [-0.3, -0.25) is 48.1 Å². The van der Waals surface area contributed by atoms with E-state index in [1.807, 2.05) is 13.8 Å². The second-order valence-corrected chi connectivity index (χ2v) is 17.3. The number of aliphatic imine (C=N–C) groups is 1. The zero-order chi connectivity index (χ0) is 48.7. The Morgan fingerprint density at radius 1 is 0.719 bits per heavy atom. The van der Waals surface area contributed by atoms with Crippen molar-refractivity contribution in [3.05, 3.63) is 0 Å². The molecule has 0 aromatic carbocycles. The van der Waals surface area contributed by atoms with E-state index in [0.717, 1.165) is 0 Å². The van der Waals surface area contributed by atoms with E-state index in [4.69, 9.17) is 22.9 Å². The SMILES string of the molecule is CSCC[C@H](NC(=O)[C@H](CC(C)C)NC(=O)[C@H](CCCN=C(N)N)NC(=O)[C@@H]1CCCN1C(=O)CNC(=O)[C@H](CC(C)C)NC(=O)[C@H](CCC(=O)O)NC(=O)[C@@H](N)CC(N)=O)C(=O)O. The molecule has 7 atom stereocenters. The number of thioether (sulfide) groups is 1. The maximum atomic E-state index is 13.8. The van der Waals surface area contributed by atoms with Gasteiger partial charge in [0.1, 0.15) is 36.3 Å². The quantitative estimate of drug-likeness (QED) is 0.0189. The van der Waals surface area contributed by atoms with E-state index in [1.54, 1.807) is 20.1 Å². The van der Waals surface area contributed by atoms with Crippen LogP contribution in [0, 0.1) is 11.8 Å². The van der Waals surface area contributed by atoms with E-state index >= 15 is 0 Å². The van der Waals surface area contributed by atoms with Crippen LogP contribution in [0.15, 0.2) is 4.99 Å². The van der Waals surface area contributed by atoms with Gasteiger partial charge in [0.05, 0.1) is 19.0 Å². The summed E-state index contributed by atoms with van der Waals surface area (Å²) in [6, 6.07) is -8.80. The highest BCUT2D eigenvalue weighted by Crippen LogP contribution is 2.19. The maximum absolute atomic E-state index is 13.8. The van der Waals surface area contributed by atoms with Gasteiger partial charge in [-0.1, -0.05) is 27.7 Å². The van der Waals surface area contributed by atoms with Gasteiger partial charge in [-0.25, -0.2) is 4.79 Å². The van der Waals surface area contributed by atoms with Crippen LogP contribution in [0.1, 0.15) is 91.9 Å². The first-order valence-corrected chi connectivity index (χ1v) is 22.5. The summed E-state index contributed by atoms with van der Waals surface area (Å²) >= 11 is 1.41. The molecule has 0 radical (unpaired) electrons. The van der Waals surface area contributed by atoms with Crippen molar-refractivity contribution in [2.24, 2.45) is 39.8 Å². The van der Waals surface area contributed by atoms with Crippen LogP contribution in [0.4, 0.5) is 0 Å². The van der Waals surface area contributed by atoms with Crippen molar-refractivity contribution in [1.29, 1.82) is 0 Å². The summed E-state index contributed by atoms with van der Waals surface area (Å²) in [5.41, 5.74) is 21.7. The normalized spacial score (nSPS) is 16.2. The fraction of sp³-hybridized carbons (Fsp3) is 0.718. The number of hydrogen-bond donors (Lipinski definition) is 12. The number of carboxylic acid groups (broad SMARTS) is 2. The summed E-state index contributed by atoms with van der Waals surface area (Å²) in [4.78, 5) is 133. The monoisotopic (exact) mass is 928 g/mol. The molecule has 1 fully saturated rings. The van der Waals surface area contributed by atoms with Crippen LogP contribution in [-0.2, 0) is 47.9 Å². The highest BCUT2D eigenvalue weighted by Gasteiger charge is 2.37. The molecule has 0 bridgehead atoms. The Labute approximate surface area is 376 Å². The first-order chi connectivity index (χ1) is 30.0. The van der Waals surface area contributed by atoms with Crippen LogP contribution in [0.25, 0.3) is 0 Å². The van der Waals surface area contributed by atoms with Crippen molar-refractivity contribution in [2.75, 3.05) is 31.6 Å². The summed E-state index contributed by atoms with van der Waals surface area (Å²) in [6.07, 6.45) is 1.51. The first-order valence-electron chi connectivity index (χ1n) is 21.1. The van der Waals surface area contributed by atoms with Crippen LogP contribution in [0.3, 0.4) is 0 Å². The first kappa shape index (κ1) is 56.3. The van der Waals surface area contributed by atoms with Crippen LogP contribution < -0.4 is 54.8 Å². The van der Waals surface area contributed by atoms with Gasteiger partial charge < -0.3 is 69.9 Å². The Balaban J connectivity index is 3.20. The van der Waals surface area contributed by atoms with Gasteiger partial charge in [0.15, 0.2) is 5.96 Å². The number of likely N-dealkylation sites (tertiary alicyclic amines) is 1. The van der Waals surface area contributed by atoms with Crippen molar-refractivity contribution in [2.45, 2.75) is 134 Å². The fourth-order valence-corrected chi connectivity index (χ4v) is 7.08. The fourth-order valence-electron chi connectivity index (χ4n) is 6.61. The van der Waals surface area contributed by atoms with E-state index in [2.05, 4.69) is 36.9 Å². The lowest BCUT2D eigenvalue weighted by Gasteiger charge is -2.28. The molecule has 64 heavy (non-hydrogen) atoms. The predicted octanol–water partition coefficient (Wildman–Crippen LogP) is -3.43. The standard InChI is InChI=1S/C39H68N12O12S/c1-20(2)16-26(49-35(59)24(10-11-31(54)55)46-32(56)22(40)18-29(41)52)33(57)45-19-30(53)51-14-7-9-28(51)37(61)47-23(8-6-13-44-39(42)43)34(58)50-27(17-21(3)4)36(60)48-25(38(62)63)12-15-64-5/h20-28H,6-19,40H2,1-5H3,(H2,41,52)(H,45,57)(H,46,56)(H,47,61)(H,48,60)(H,49,59)(H,50,58)(H,54,55)(H,62,63)(H4,42,43,44)/t22-,23-,24-,25-,26-,27-,28-/m0/s1. The number of carbonyl (C=O) groups is 10. The number of hydrogen-bond acceptors (Lipinski definition) is 13. The van der Waals surface area contributed by atoms with Crippen molar-refractivity contribution < 1.29 is 58.2 Å². The summed E-state index contributed by atoms with van der Waals surface area (Å²) in [5, 5.41) is 34.0. The third-order valence-electron chi connectivity index (χ3n) is 9.81. The summed E-state index contributed by atoms with van der Waals surface area (Å²) in [5.74, 6) is -8.87. The highest BCUT2D eigenvalue weighted by molar-refractivity contribution is 7.98. The number of aliphatic carboxylic acids is 2. The minimum absolute atomic E-state index is 0.0105. The molecular weight excluding hydrogens is 861 g/mol. The minimum Gasteiger partial charge on any atom is -0.481 e. The summed E-state index contributed by atoms with van der Waals surface area (Å²) < 4.78 is 0. The lowest BCUT2D eigenvalue weighted by Crippen LogP contribution is -2.58. The number of nitrogens with two attached hydrogens (primary N) is 4. The molecule has 1 heterocycles. The Kier molecular flexibility index (Phi) is 25.4. The number of carbonyl (C=O) groups excluding carboxylic acids is 8. The molecule has 1 aliphatic rings. The van der Waals surface area contributed by atoms with Crippen LogP contribution in [0.5, 0.6) is 0 Å². The highest BCUT2D eigenvalue weighted by atomic mass is 32.2. The number of primary amides is 1. The van der Waals surface area contributed by atoms with Crippen molar-refractivity contribution >= 4 is 76.9 Å². The lowest BCUT2D eigenvalue weighted by atomic mass is 10.0. The second kappa shape index (κ2) is 28.9. The van der Waals surface area contributed by atoms with Crippen LogP contribution in [-0.4, -0.2) is 154 Å². The minimum atomic E-state index is -1.47. The van der Waals surface area contributed by atoms with E-state index < -0.39 is 121 Å². The average molecular weight is 929 g/mol. The van der Waals surface area contributed by atoms with E-state index in [1.165, 1.54) is 16.7 Å². The molecule has 0 aromatic rings. The number of nitrogens with zero attached hydrogens (tertiary/aromatic N) is 2. The molecule has 0 aliphatic carbocycles. The molecule has 362 valence electrons. The second-order valence-electron chi connectivity index (χ2n) is 16.3. The topological polar surface area (TPSA) is 403 Å². The molecule has 0 aromatic heterocycles. The Bertz CT molecular complexity index is 1680. The molecule has 1 rings (SSSR count). The van der Waals surface area contributed by atoms with E-state index in [9.17, 15) is 58.2 Å². The van der Waals surface area contributed by atoms with Gasteiger partial charge in [0, 0.05) is 19.5 Å². The molecule has 24 nitrogen and oxygen atoms in total. The molecule has 1 aliphatic heterocycles. The van der Waals surface area contributed by atoms with Gasteiger partial charge in [-0.15, -0.1) is 0 Å². The lowest BCUT2D eigenvalue weighted by molar-refractivity contribution is -0.142. The molecular formula is C39H68N12O12S. The number of guanidine groups is 1. The smallest absolute Gasteiger partial charge is 0.326 e. The Morgan fingerprint density at radius 3 is 1.77 bits per heavy atom. The van der Waals surface area contributed by atoms with E-state index in [0.29, 0.717) is 12.2 Å². The van der Waals surface area contributed by atoms with E-state index in [-0.39, 0.29) is 75.8 Å².